The van der Waals surface area contributed by atoms with E-state index in [0.29, 0.717) is 12.8 Å². The molecule has 0 atom stereocenters. The van der Waals surface area contributed by atoms with E-state index in [4.69, 9.17) is 19.7 Å². The summed E-state index contributed by atoms with van der Waals surface area (Å²) in [5, 5.41) is 23.2. The first kappa shape index (κ1) is 21.2. The third kappa shape index (κ3) is 6.54. The van der Waals surface area contributed by atoms with Crippen molar-refractivity contribution in [1.29, 1.82) is 0 Å². The van der Waals surface area contributed by atoms with Gasteiger partial charge in [-0.15, -0.1) is 0 Å². The molecule has 10 heteroatoms. The summed E-state index contributed by atoms with van der Waals surface area (Å²) in [5.41, 5.74) is 0.175. The highest BCUT2D eigenvalue weighted by molar-refractivity contribution is 6.00. The standard InChI is InChI=1S/C18H22N2O8/c21-13(8-20-18(26)11-3-5-19-6-4-11)12-1-2-14(27-9-16(22)23)15(7-12)28-10-17(24)25/h1-2,7,11,19H,3-6,8-10H2,(H,20,26)(H,22,23)(H,24,25). The lowest BCUT2D eigenvalue weighted by molar-refractivity contribution is -0.140. The number of aliphatic carboxylic acids is 2. The van der Waals surface area contributed by atoms with Crippen LogP contribution < -0.4 is 20.1 Å². The Labute approximate surface area is 160 Å². The van der Waals surface area contributed by atoms with Crippen LogP contribution in [0.5, 0.6) is 11.5 Å². The van der Waals surface area contributed by atoms with Crippen molar-refractivity contribution in [2.75, 3.05) is 32.8 Å². The fourth-order valence-electron chi connectivity index (χ4n) is 2.69. The van der Waals surface area contributed by atoms with Gasteiger partial charge >= 0.3 is 11.9 Å². The molecule has 10 nitrogen and oxygen atoms in total. The molecule has 0 aromatic heterocycles. The number of hydrogen-bond donors (Lipinski definition) is 4. The molecule has 28 heavy (non-hydrogen) atoms. The van der Waals surface area contributed by atoms with Crippen molar-refractivity contribution in [1.82, 2.24) is 10.6 Å². The Kier molecular flexibility index (Phi) is 7.76. The van der Waals surface area contributed by atoms with Crippen molar-refractivity contribution in [3.8, 4) is 11.5 Å². The number of carbonyl (C=O) groups is 4. The molecule has 0 bridgehead atoms. The second kappa shape index (κ2) is 10.3. The summed E-state index contributed by atoms with van der Waals surface area (Å²) in [7, 11) is 0. The number of ketones is 1. The third-order valence-electron chi connectivity index (χ3n) is 4.10. The Morgan fingerprint density at radius 1 is 1.00 bits per heavy atom. The van der Waals surface area contributed by atoms with Gasteiger partial charge in [-0.3, -0.25) is 9.59 Å². The van der Waals surface area contributed by atoms with Gasteiger partial charge in [-0.05, 0) is 44.1 Å². The molecular weight excluding hydrogens is 372 g/mol. The predicted octanol–water partition coefficient (Wildman–Crippen LogP) is -0.0881. The smallest absolute Gasteiger partial charge is 0.341 e. The van der Waals surface area contributed by atoms with Crippen LogP contribution in [0.15, 0.2) is 18.2 Å². The number of hydrogen-bond acceptors (Lipinski definition) is 7. The van der Waals surface area contributed by atoms with Gasteiger partial charge in [-0.25, -0.2) is 9.59 Å². The first-order valence-electron chi connectivity index (χ1n) is 8.71. The largest absolute Gasteiger partial charge is 0.479 e. The highest BCUT2D eigenvalue weighted by Gasteiger charge is 2.21. The molecule has 0 radical (unpaired) electrons. The summed E-state index contributed by atoms with van der Waals surface area (Å²) in [6, 6.07) is 3.98. The molecule has 1 aromatic rings. The normalized spacial score (nSPS) is 14.1. The Morgan fingerprint density at radius 2 is 1.61 bits per heavy atom. The van der Waals surface area contributed by atoms with Crippen molar-refractivity contribution in [2.45, 2.75) is 12.8 Å². The van der Waals surface area contributed by atoms with Crippen molar-refractivity contribution in [3.63, 3.8) is 0 Å². The van der Waals surface area contributed by atoms with E-state index in [1.54, 1.807) is 0 Å². The SMILES string of the molecule is O=C(O)COc1ccc(C(=O)CNC(=O)C2CCNCC2)cc1OCC(=O)O. The lowest BCUT2D eigenvalue weighted by atomic mass is 9.97. The van der Waals surface area contributed by atoms with Gasteiger partial charge in [0.2, 0.25) is 5.91 Å². The fourth-order valence-corrected chi connectivity index (χ4v) is 2.69. The summed E-state index contributed by atoms with van der Waals surface area (Å²) >= 11 is 0. The molecule has 0 spiro atoms. The molecule has 4 N–H and O–H groups in total. The molecule has 152 valence electrons. The molecular formula is C18H22N2O8. The topological polar surface area (TPSA) is 151 Å². The van der Waals surface area contributed by atoms with Gasteiger partial charge in [0.25, 0.3) is 0 Å². The van der Waals surface area contributed by atoms with Gasteiger partial charge in [0.1, 0.15) is 0 Å². The van der Waals surface area contributed by atoms with Crippen molar-refractivity contribution < 1.29 is 38.9 Å². The van der Waals surface area contributed by atoms with Crippen LogP contribution in [0.1, 0.15) is 23.2 Å². The van der Waals surface area contributed by atoms with Gasteiger partial charge in [0.05, 0.1) is 6.54 Å². The predicted molar refractivity (Wildman–Crippen MR) is 95.6 cm³/mol. The summed E-state index contributed by atoms with van der Waals surface area (Å²) in [4.78, 5) is 45.9. The number of nitrogens with one attached hydrogen (secondary N) is 2. The summed E-state index contributed by atoms with van der Waals surface area (Å²) in [5.74, 6) is -3.24. The maximum absolute atomic E-state index is 12.4. The zero-order chi connectivity index (χ0) is 20.5. The quantitative estimate of drug-likeness (QED) is 0.399. The van der Waals surface area contributed by atoms with Gasteiger partial charge < -0.3 is 30.3 Å². The van der Waals surface area contributed by atoms with E-state index >= 15 is 0 Å². The van der Waals surface area contributed by atoms with Crippen LogP contribution in [-0.4, -0.2) is 66.7 Å². The highest BCUT2D eigenvalue weighted by atomic mass is 16.5. The number of Topliss-reactive ketones (excluding diaryl/α,β-unsaturated/α-hetero) is 1. The third-order valence-corrected chi connectivity index (χ3v) is 4.10. The minimum atomic E-state index is -1.24. The van der Waals surface area contributed by atoms with Crippen LogP contribution in [0, 0.1) is 5.92 Å². The second-order valence-corrected chi connectivity index (χ2v) is 6.19. The Bertz CT molecular complexity index is 743. The van der Waals surface area contributed by atoms with Crippen LogP contribution in [0.4, 0.5) is 0 Å². The number of amides is 1. The molecule has 1 aliphatic heterocycles. The number of benzene rings is 1. The molecule has 1 heterocycles. The van der Waals surface area contributed by atoms with E-state index in [2.05, 4.69) is 10.6 Å². The van der Waals surface area contributed by atoms with E-state index in [1.807, 2.05) is 0 Å². The van der Waals surface area contributed by atoms with E-state index in [-0.39, 0.29) is 35.4 Å². The fraction of sp³-hybridized carbons (Fsp3) is 0.444. The van der Waals surface area contributed by atoms with E-state index in [1.165, 1.54) is 18.2 Å². The number of carbonyl (C=O) groups excluding carboxylic acids is 2. The Balaban J connectivity index is 2.02. The monoisotopic (exact) mass is 394 g/mol. The maximum atomic E-state index is 12.4. The van der Waals surface area contributed by atoms with E-state index in [9.17, 15) is 19.2 Å². The van der Waals surface area contributed by atoms with Crippen molar-refractivity contribution >= 4 is 23.6 Å². The lowest BCUT2D eigenvalue weighted by Crippen LogP contribution is -2.40. The minimum absolute atomic E-state index is 0.000980. The van der Waals surface area contributed by atoms with Gasteiger partial charge in [0.15, 0.2) is 30.5 Å². The van der Waals surface area contributed by atoms with Crippen LogP contribution >= 0.6 is 0 Å². The van der Waals surface area contributed by atoms with Crippen LogP contribution in [0.25, 0.3) is 0 Å². The molecule has 1 aromatic carbocycles. The number of ether oxygens (including phenoxy) is 2. The first-order chi connectivity index (χ1) is 13.4. The minimum Gasteiger partial charge on any atom is -0.479 e. The summed E-state index contributed by atoms with van der Waals surface area (Å²) in [6.07, 6.45) is 1.42. The maximum Gasteiger partial charge on any atom is 0.341 e. The van der Waals surface area contributed by atoms with Crippen LogP contribution in [0.3, 0.4) is 0 Å². The molecule has 2 rings (SSSR count). The zero-order valence-electron chi connectivity index (χ0n) is 15.1. The van der Waals surface area contributed by atoms with Crippen LogP contribution in [-0.2, 0) is 14.4 Å². The summed E-state index contributed by atoms with van der Waals surface area (Å²) in [6.45, 7) is -0.0325. The van der Waals surface area contributed by atoms with E-state index < -0.39 is 30.9 Å². The Hall–Kier alpha value is -3.14. The molecule has 1 amide bonds. The van der Waals surface area contributed by atoms with Gasteiger partial charge in [-0.1, -0.05) is 0 Å². The van der Waals surface area contributed by atoms with E-state index in [0.717, 1.165) is 13.1 Å². The molecule has 0 saturated carbocycles. The second-order valence-electron chi connectivity index (χ2n) is 6.19. The first-order valence-corrected chi connectivity index (χ1v) is 8.71. The van der Waals surface area contributed by atoms with Gasteiger partial charge in [-0.2, -0.15) is 0 Å². The van der Waals surface area contributed by atoms with Crippen LogP contribution in [0.2, 0.25) is 0 Å². The van der Waals surface area contributed by atoms with Crippen molar-refractivity contribution in [3.05, 3.63) is 23.8 Å². The van der Waals surface area contributed by atoms with Gasteiger partial charge in [0, 0.05) is 11.5 Å². The number of piperidine rings is 1. The molecule has 1 saturated heterocycles. The average molecular weight is 394 g/mol. The number of carboxylic acids is 2. The zero-order valence-corrected chi connectivity index (χ0v) is 15.1. The molecule has 1 aliphatic rings. The van der Waals surface area contributed by atoms with Crippen molar-refractivity contribution in [2.24, 2.45) is 5.92 Å². The number of rotatable bonds is 10. The lowest BCUT2D eigenvalue weighted by Gasteiger charge is -2.21. The Morgan fingerprint density at radius 3 is 2.21 bits per heavy atom. The highest BCUT2D eigenvalue weighted by Crippen LogP contribution is 2.28. The average Bonchev–Trinajstić information content (AvgIpc) is 2.69. The molecule has 0 aliphatic carbocycles. The summed E-state index contributed by atoms with van der Waals surface area (Å²) < 4.78 is 10.1. The number of carboxylic acid groups (broad SMARTS) is 2. The molecule has 1 fully saturated rings. The molecule has 0 unspecified atom stereocenters.